The van der Waals surface area contributed by atoms with Crippen molar-refractivity contribution in [2.24, 2.45) is 0 Å². The van der Waals surface area contributed by atoms with Crippen LogP contribution in [0.15, 0.2) is 77.7 Å². The standard InChI is InChI=1S/C25H25ClN2O6S/c1-3-28(4-2)35(31,32)23-16-18(10-15-22(23)26)25(30)33-17-24(29)27-19-11-13-21(14-12-19)34-20-8-6-5-7-9-20/h5-16H,3-4,17H2,1-2H3,(H,27,29). The molecule has 8 nitrogen and oxygen atoms in total. The lowest BCUT2D eigenvalue weighted by molar-refractivity contribution is -0.119. The summed E-state index contributed by atoms with van der Waals surface area (Å²) in [5.41, 5.74) is 0.459. The Morgan fingerprint density at radius 1 is 0.914 bits per heavy atom. The van der Waals surface area contributed by atoms with E-state index in [0.717, 1.165) is 6.07 Å². The minimum absolute atomic E-state index is 0.00844. The van der Waals surface area contributed by atoms with E-state index in [0.29, 0.717) is 17.2 Å². The van der Waals surface area contributed by atoms with Gasteiger partial charge in [-0.3, -0.25) is 4.79 Å². The molecule has 0 heterocycles. The number of rotatable bonds is 10. The van der Waals surface area contributed by atoms with Gasteiger partial charge in [-0.05, 0) is 54.6 Å². The van der Waals surface area contributed by atoms with Crippen molar-refractivity contribution in [3.8, 4) is 11.5 Å². The number of anilines is 1. The number of carbonyl (C=O) groups excluding carboxylic acids is 2. The van der Waals surface area contributed by atoms with Crippen LogP contribution in [0, 0.1) is 0 Å². The third-order valence-electron chi connectivity index (χ3n) is 4.94. The monoisotopic (exact) mass is 516 g/mol. The molecule has 1 amide bonds. The average molecular weight is 517 g/mol. The van der Waals surface area contributed by atoms with Crippen LogP contribution in [-0.2, 0) is 19.6 Å². The Morgan fingerprint density at radius 2 is 1.54 bits per heavy atom. The van der Waals surface area contributed by atoms with Crippen molar-refractivity contribution in [1.29, 1.82) is 0 Å². The molecule has 184 valence electrons. The second-order valence-corrected chi connectivity index (χ2v) is 9.61. The molecule has 0 aromatic heterocycles. The molecule has 0 saturated heterocycles. The molecule has 0 unspecified atom stereocenters. The van der Waals surface area contributed by atoms with Crippen LogP contribution in [0.1, 0.15) is 24.2 Å². The van der Waals surface area contributed by atoms with Crippen molar-refractivity contribution in [2.45, 2.75) is 18.7 Å². The number of hydrogen-bond acceptors (Lipinski definition) is 6. The first-order valence-corrected chi connectivity index (χ1v) is 12.7. The molecule has 1 N–H and O–H groups in total. The molecule has 0 aliphatic rings. The molecule has 0 aliphatic heterocycles. The highest BCUT2D eigenvalue weighted by molar-refractivity contribution is 7.89. The van der Waals surface area contributed by atoms with Crippen LogP contribution in [-0.4, -0.2) is 44.3 Å². The predicted octanol–water partition coefficient (Wildman–Crippen LogP) is 4.96. The van der Waals surface area contributed by atoms with Crippen molar-refractivity contribution < 1.29 is 27.5 Å². The summed E-state index contributed by atoms with van der Waals surface area (Å²) in [5, 5.41) is 2.61. The van der Waals surface area contributed by atoms with Crippen LogP contribution in [0.2, 0.25) is 5.02 Å². The van der Waals surface area contributed by atoms with Crippen molar-refractivity contribution in [2.75, 3.05) is 25.0 Å². The lowest BCUT2D eigenvalue weighted by atomic mass is 10.2. The van der Waals surface area contributed by atoms with E-state index in [1.54, 1.807) is 38.1 Å². The van der Waals surface area contributed by atoms with E-state index in [4.69, 9.17) is 21.1 Å². The maximum atomic E-state index is 12.8. The fourth-order valence-electron chi connectivity index (χ4n) is 3.17. The first-order valence-electron chi connectivity index (χ1n) is 10.8. The number of esters is 1. The highest BCUT2D eigenvalue weighted by atomic mass is 35.5. The second kappa shape index (κ2) is 11.8. The normalized spacial score (nSPS) is 11.2. The van der Waals surface area contributed by atoms with Crippen molar-refractivity contribution >= 4 is 39.2 Å². The fraction of sp³-hybridized carbons (Fsp3) is 0.200. The van der Waals surface area contributed by atoms with Gasteiger partial charge in [0.1, 0.15) is 16.4 Å². The van der Waals surface area contributed by atoms with Crippen molar-refractivity contribution in [3.63, 3.8) is 0 Å². The summed E-state index contributed by atoms with van der Waals surface area (Å²) in [6.07, 6.45) is 0. The zero-order chi connectivity index (χ0) is 25.4. The van der Waals surface area contributed by atoms with Crippen molar-refractivity contribution in [1.82, 2.24) is 4.31 Å². The predicted molar refractivity (Wildman–Crippen MR) is 133 cm³/mol. The van der Waals surface area contributed by atoms with Gasteiger partial charge in [-0.1, -0.05) is 43.6 Å². The van der Waals surface area contributed by atoms with Gasteiger partial charge in [0.25, 0.3) is 5.91 Å². The van der Waals surface area contributed by atoms with Gasteiger partial charge >= 0.3 is 5.97 Å². The van der Waals surface area contributed by atoms with Gasteiger partial charge in [-0.2, -0.15) is 4.31 Å². The molecule has 0 atom stereocenters. The minimum atomic E-state index is -3.88. The molecule has 3 rings (SSSR count). The number of para-hydroxylation sites is 1. The molecule has 3 aromatic rings. The summed E-state index contributed by atoms with van der Waals surface area (Å²) in [6.45, 7) is 3.36. The summed E-state index contributed by atoms with van der Waals surface area (Å²) in [5.74, 6) is -0.121. The average Bonchev–Trinajstić information content (AvgIpc) is 2.85. The van der Waals surface area contributed by atoms with Gasteiger partial charge in [0.15, 0.2) is 6.61 Å². The first kappa shape index (κ1) is 26.2. The van der Waals surface area contributed by atoms with E-state index in [2.05, 4.69) is 5.32 Å². The van der Waals surface area contributed by atoms with Crippen LogP contribution in [0.5, 0.6) is 11.5 Å². The summed E-state index contributed by atoms with van der Waals surface area (Å²) in [7, 11) is -3.88. The topological polar surface area (TPSA) is 102 Å². The summed E-state index contributed by atoms with van der Waals surface area (Å²) < 4.78 is 37.6. The van der Waals surface area contributed by atoms with Gasteiger partial charge < -0.3 is 14.8 Å². The highest BCUT2D eigenvalue weighted by Crippen LogP contribution is 2.26. The number of nitrogens with zero attached hydrogens (tertiary/aromatic N) is 1. The third-order valence-corrected chi connectivity index (χ3v) is 7.47. The SMILES string of the molecule is CCN(CC)S(=O)(=O)c1cc(C(=O)OCC(=O)Nc2ccc(Oc3ccccc3)cc2)ccc1Cl. The van der Waals surface area contributed by atoms with Crippen molar-refractivity contribution in [3.05, 3.63) is 83.4 Å². The number of amides is 1. The maximum Gasteiger partial charge on any atom is 0.338 e. The zero-order valence-electron chi connectivity index (χ0n) is 19.2. The molecular weight excluding hydrogens is 492 g/mol. The number of benzene rings is 3. The van der Waals surface area contributed by atoms with E-state index in [1.165, 1.54) is 16.4 Å². The lowest BCUT2D eigenvalue weighted by Gasteiger charge is -2.19. The summed E-state index contributed by atoms with van der Waals surface area (Å²) in [6, 6.07) is 19.8. The molecule has 0 radical (unpaired) electrons. The van der Waals surface area contributed by atoms with Crippen LogP contribution in [0.4, 0.5) is 5.69 Å². The molecule has 0 fully saturated rings. The Balaban J connectivity index is 1.59. The molecule has 0 aliphatic carbocycles. The fourth-order valence-corrected chi connectivity index (χ4v) is 5.13. The van der Waals surface area contributed by atoms with E-state index in [1.807, 2.05) is 30.3 Å². The Morgan fingerprint density at radius 3 is 2.17 bits per heavy atom. The Hall–Kier alpha value is -3.40. The molecule has 0 saturated carbocycles. The minimum Gasteiger partial charge on any atom is -0.457 e. The molecule has 10 heteroatoms. The van der Waals surface area contributed by atoms with E-state index >= 15 is 0 Å². The summed E-state index contributed by atoms with van der Waals surface area (Å²) >= 11 is 6.09. The third kappa shape index (κ3) is 6.82. The van der Waals surface area contributed by atoms with E-state index < -0.39 is 28.5 Å². The second-order valence-electron chi connectivity index (χ2n) is 7.30. The van der Waals surface area contributed by atoms with E-state index in [-0.39, 0.29) is 28.6 Å². The molecule has 3 aromatic carbocycles. The molecular formula is C25H25ClN2O6S. The number of hydrogen-bond donors (Lipinski definition) is 1. The zero-order valence-corrected chi connectivity index (χ0v) is 20.8. The Kier molecular flexibility index (Phi) is 8.86. The largest absolute Gasteiger partial charge is 0.457 e. The molecule has 0 spiro atoms. The lowest BCUT2D eigenvalue weighted by Crippen LogP contribution is -2.31. The van der Waals surface area contributed by atoms with Crippen LogP contribution in [0.25, 0.3) is 0 Å². The maximum absolute atomic E-state index is 12.8. The summed E-state index contributed by atoms with van der Waals surface area (Å²) in [4.78, 5) is 24.5. The van der Waals surface area contributed by atoms with Crippen LogP contribution in [0.3, 0.4) is 0 Å². The number of nitrogens with one attached hydrogen (secondary N) is 1. The van der Waals surface area contributed by atoms with Crippen LogP contribution >= 0.6 is 11.6 Å². The van der Waals surface area contributed by atoms with Gasteiger partial charge in [0.05, 0.1) is 10.6 Å². The number of carbonyl (C=O) groups is 2. The van der Waals surface area contributed by atoms with Gasteiger partial charge in [-0.15, -0.1) is 0 Å². The van der Waals surface area contributed by atoms with E-state index in [9.17, 15) is 18.0 Å². The first-order chi connectivity index (χ1) is 16.7. The van der Waals surface area contributed by atoms with Crippen LogP contribution < -0.4 is 10.1 Å². The molecule has 0 bridgehead atoms. The quantitative estimate of drug-likeness (QED) is 0.382. The number of sulfonamides is 1. The molecule has 35 heavy (non-hydrogen) atoms. The highest BCUT2D eigenvalue weighted by Gasteiger charge is 2.26. The Bertz CT molecular complexity index is 1280. The Labute approximate surface area is 209 Å². The van der Waals surface area contributed by atoms with Gasteiger partial charge in [0, 0.05) is 18.8 Å². The van der Waals surface area contributed by atoms with Gasteiger partial charge in [-0.25, -0.2) is 13.2 Å². The van der Waals surface area contributed by atoms with Gasteiger partial charge in [0.2, 0.25) is 10.0 Å². The number of ether oxygens (including phenoxy) is 2. The smallest absolute Gasteiger partial charge is 0.338 e. The number of halogens is 1.